The number of benzene rings is 1. The van der Waals surface area contributed by atoms with Gasteiger partial charge in [0, 0.05) is 5.56 Å². The van der Waals surface area contributed by atoms with Gasteiger partial charge >= 0.3 is 0 Å². The number of ketones is 1. The largest absolute Gasteiger partial charge is 0.494 e. The molecule has 0 heterocycles. The van der Waals surface area contributed by atoms with E-state index in [2.05, 4.69) is 0 Å². The van der Waals surface area contributed by atoms with Gasteiger partial charge in [0.05, 0.1) is 17.2 Å². The average molecular weight is 288 g/mol. The molecule has 0 atom stereocenters. The maximum atomic E-state index is 11.4. The minimum atomic E-state index is -1.13. The molecule has 0 aromatic heterocycles. The monoisotopic (exact) mass is 286 g/mol. The van der Waals surface area contributed by atoms with Gasteiger partial charge in [-0.1, -0.05) is 46.4 Å². The Labute approximate surface area is 107 Å². The van der Waals surface area contributed by atoms with E-state index < -0.39 is 10.6 Å². The number of halogens is 4. The van der Waals surface area contributed by atoms with E-state index in [-0.39, 0.29) is 15.6 Å². The molecule has 0 aliphatic heterocycles. The van der Waals surface area contributed by atoms with Crippen LogP contribution in [0.5, 0.6) is 5.75 Å². The highest BCUT2D eigenvalue weighted by Crippen LogP contribution is 2.34. The van der Waals surface area contributed by atoms with Crippen LogP contribution in [0.15, 0.2) is 12.1 Å². The lowest BCUT2D eigenvalue weighted by molar-refractivity contribution is 0.101. The molecule has 0 saturated heterocycles. The van der Waals surface area contributed by atoms with Crippen LogP contribution in [0.3, 0.4) is 0 Å². The van der Waals surface area contributed by atoms with Gasteiger partial charge in [-0.05, 0) is 12.1 Å². The number of Topliss-reactive ketones (excluding diaryl/α,β-unsaturated/α-hetero) is 1. The van der Waals surface area contributed by atoms with Crippen molar-refractivity contribution in [3.63, 3.8) is 0 Å². The molecule has 0 amide bonds. The molecule has 0 unspecified atom stereocenters. The van der Waals surface area contributed by atoms with Crippen LogP contribution < -0.4 is 4.74 Å². The highest BCUT2D eigenvalue weighted by Gasteiger charge is 2.18. The molecular formula is C9H6Cl4O2. The number of hydrogen-bond donors (Lipinski definition) is 0. The average Bonchev–Trinajstić information content (AvgIpc) is 2.15. The highest BCUT2D eigenvalue weighted by atomic mass is 35.5. The topological polar surface area (TPSA) is 26.3 Å². The lowest BCUT2D eigenvalue weighted by atomic mass is 10.1. The zero-order valence-corrected chi connectivity index (χ0v) is 10.6. The van der Waals surface area contributed by atoms with E-state index in [4.69, 9.17) is 51.1 Å². The van der Waals surface area contributed by atoms with Gasteiger partial charge in [-0.25, -0.2) is 0 Å². The first kappa shape index (κ1) is 12.9. The van der Waals surface area contributed by atoms with E-state index in [1.54, 1.807) is 0 Å². The Bertz CT molecular complexity index is 367. The summed E-state index contributed by atoms with van der Waals surface area (Å²) in [6, 6.07) is 2.82. The van der Waals surface area contributed by atoms with E-state index >= 15 is 0 Å². The summed E-state index contributed by atoms with van der Waals surface area (Å²) in [5.41, 5.74) is 0.251. The molecule has 0 aliphatic carbocycles. The maximum absolute atomic E-state index is 11.4. The van der Waals surface area contributed by atoms with Crippen LogP contribution in [-0.4, -0.2) is 17.7 Å². The van der Waals surface area contributed by atoms with E-state index in [0.29, 0.717) is 5.75 Å². The van der Waals surface area contributed by atoms with Gasteiger partial charge in [0.1, 0.15) is 0 Å². The number of methoxy groups -OCH3 is 1. The quantitative estimate of drug-likeness (QED) is 0.621. The number of rotatable bonds is 3. The van der Waals surface area contributed by atoms with Gasteiger partial charge in [0.15, 0.2) is 16.4 Å². The van der Waals surface area contributed by atoms with Crippen molar-refractivity contribution in [1.29, 1.82) is 0 Å². The number of hydrogen-bond acceptors (Lipinski definition) is 2. The van der Waals surface area contributed by atoms with Crippen LogP contribution >= 0.6 is 46.4 Å². The first-order valence-electron chi connectivity index (χ1n) is 3.82. The summed E-state index contributed by atoms with van der Waals surface area (Å²) in [5.74, 6) is -0.139. The molecule has 0 fully saturated rings. The van der Waals surface area contributed by atoms with Gasteiger partial charge in [0.25, 0.3) is 0 Å². The summed E-state index contributed by atoms with van der Waals surface area (Å²) in [7, 11) is 1.43. The smallest absolute Gasteiger partial charge is 0.195 e. The molecule has 0 N–H and O–H groups in total. The first-order valence-corrected chi connectivity index (χ1v) is 5.45. The second-order valence-corrected chi connectivity index (χ2v) is 4.55. The summed E-state index contributed by atoms with van der Waals surface area (Å²) in [6.45, 7) is 0. The fourth-order valence-corrected chi connectivity index (χ4v) is 1.92. The summed E-state index contributed by atoms with van der Waals surface area (Å²) in [6.07, 6.45) is 0. The van der Waals surface area contributed by atoms with Gasteiger partial charge in [0.2, 0.25) is 0 Å². The molecule has 0 saturated carbocycles. The number of ether oxygens (including phenoxy) is 1. The van der Waals surface area contributed by atoms with Crippen molar-refractivity contribution >= 4 is 52.2 Å². The Hall–Kier alpha value is -0.150. The van der Waals surface area contributed by atoms with Crippen molar-refractivity contribution in [2.75, 3.05) is 7.11 Å². The fraction of sp³-hybridized carbons (Fsp3) is 0.222. The minimum absolute atomic E-state index is 0.238. The van der Waals surface area contributed by atoms with Crippen molar-refractivity contribution in [2.45, 2.75) is 4.84 Å². The van der Waals surface area contributed by atoms with Gasteiger partial charge < -0.3 is 4.74 Å². The lowest BCUT2D eigenvalue weighted by Crippen LogP contribution is -2.08. The van der Waals surface area contributed by atoms with Crippen LogP contribution in [0, 0.1) is 0 Å². The Morgan fingerprint density at radius 2 is 1.73 bits per heavy atom. The first-order chi connectivity index (χ1) is 6.97. The molecule has 1 aromatic carbocycles. The normalized spacial score (nSPS) is 10.5. The van der Waals surface area contributed by atoms with Gasteiger partial charge in [-0.2, -0.15) is 0 Å². The Kier molecular flexibility index (Phi) is 4.53. The van der Waals surface area contributed by atoms with E-state index in [9.17, 15) is 4.79 Å². The predicted molar refractivity (Wildman–Crippen MR) is 62.8 cm³/mol. The number of carbonyl (C=O) groups is 1. The second-order valence-electron chi connectivity index (χ2n) is 2.64. The lowest BCUT2D eigenvalue weighted by Gasteiger charge is -2.08. The zero-order valence-electron chi connectivity index (χ0n) is 7.56. The molecular weight excluding hydrogens is 282 g/mol. The Balaban J connectivity index is 3.20. The molecule has 2 nitrogen and oxygen atoms in total. The second kappa shape index (κ2) is 5.26. The van der Waals surface area contributed by atoms with Crippen LogP contribution in [0.2, 0.25) is 10.0 Å². The van der Waals surface area contributed by atoms with Crippen molar-refractivity contribution in [2.24, 2.45) is 0 Å². The van der Waals surface area contributed by atoms with E-state index in [1.165, 1.54) is 19.2 Å². The molecule has 1 rings (SSSR count). The van der Waals surface area contributed by atoms with Gasteiger partial charge in [-0.3, -0.25) is 4.79 Å². The summed E-state index contributed by atoms with van der Waals surface area (Å²) < 4.78 is 4.93. The molecule has 15 heavy (non-hydrogen) atoms. The Morgan fingerprint density at radius 3 is 2.07 bits per heavy atom. The molecule has 0 radical (unpaired) electrons. The molecule has 0 aliphatic rings. The number of carbonyl (C=O) groups excluding carboxylic acids is 1. The third kappa shape index (κ3) is 2.91. The molecule has 0 bridgehead atoms. The molecule has 6 heteroatoms. The summed E-state index contributed by atoms with van der Waals surface area (Å²) >= 11 is 22.6. The summed E-state index contributed by atoms with van der Waals surface area (Å²) in [5, 5.41) is 0.477. The standard InChI is InChI=1S/C9H6Cl4O2/c1-15-8-5(10)2-4(3-6(8)11)7(14)9(12)13/h2-3,9H,1H3. The number of alkyl halides is 2. The molecule has 82 valence electrons. The zero-order chi connectivity index (χ0) is 11.6. The van der Waals surface area contributed by atoms with Crippen LogP contribution in [0.4, 0.5) is 0 Å². The van der Waals surface area contributed by atoms with Crippen molar-refractivity contribution < 1.29 is 9.53 Å². The van der Waals surface area contributed by atoms with Crippen LogP contribution in [-0.2, 0) is 0 Å². The summed E-state index contributed by atoms with van der Waals surface area (Å²) in [4.78, 5) is 10.3. The van der Waals surface area contributed by atoms with E-state index in [1.807, 2.05) is 0 Å². The third-order valence-electron chi connectivity index (χ3n) is 1.69. The Morgan fingerprint density at radius 1 is 1.27 bits per heavy atom. The minimum Gasteiger partial charge on any atom is -0.494 e. The van der Waals surface area contributed by atoms with Crippen molar-refractivity contribution in [3.05, 3.63) is 27.7 Å². The van der Waals surface area contributed by atoms with Crippen molar-refractivity contribution in [3.8, 4) is 5.75 Å². The maximum Gasteiger partial charge on any atom is 0.195 e. The SMILES string of the molecule is COc1c(Cl)cc(C(=O)C(Cl)Cl)cc1Cl. The molecule has 0 spiro atoms. The fourth-order valence-electron chi connectivity index (χ4n) is 1.02. The molecule has 1 aromatic rings. The van der Waals surface area contributed by atoms with Crippen LogP contribution in [0.1, 0.15) is 10.4 Å². The van der Waals surface area contributed by atoms with E-state index in [0.717, 1.165) is 0 Å². The van der Waals surface area contributed by atoms with Gasteiger partial charge in [-0.15, -0.1) is 0 Å². The third-order valence-corrected chi connectivity index (χ3v) is 2.64. The highest BCUT2D eigenvalue weighted by molar-refractivity contribution is 6.55. The predicted octanol–water partition coefficient (Wildman–Crippen LogP) is 3.99. The van der Waals surface area contributed by atoms with Crippen molar-refractivity contribution in [1.82, 2.24) is 0 Å². The van der Waals surface area contributed by atoms with Crippen LogP contribution in [0.25, 0.3) is 0 Å².